The van der Waals surface area contributed by atoms with Crippen LogP contribution < -0.4 is 0 Å². The summed E-state index contributed by atoms with van der Waals surface area (Å²) in [5.41, 5.74) is 0. The van der Waals surface area contributed by atoms with Gasteiger partial charge in [0.1, 0.15) is 0 Å². The van der Waals surface area contributed by atoms with Gasteiger partial charge in [0.15, 0.2) is 6.16 Å². The van der Waals surface area contributed by atoms with E-state index >= 15 is 0 Å². The molecule has 46 valence electrons. The van der Waals surface area contributed by atoms with Crippen LogP contribution in [0.2, 0.25) is 0 Å². The largest absolute Gasteiger partial charge is 0.505 e. The molecule has 0 saturated carbocycles. The minimum atomic E-state index is -1.85. The van der Waals surface area contributed by atoms with Crippen molar-refractivity contribution in [2.45, 2.75) is 21.8 Å². The zero-order chi connectivity index (χ0) is 4.28. The third-order valence-electron chi connectivity index (χ3n) is 0.271. The first-order chi connectivity index (χ1) is 2.27. The summed E-state index contributed by atoms with van der Waals surface area (Å²) in [5, 5.41) is 0. The lowest BCUT2D eigenvalue weighted by Crippen LogP contribution is -1.56. The molecular weight excluding hydrogens is 111 g/mol. The highest BCUT2D eigenvalue weighted by Crippen LogP contribution is 2.08. The third kappa shape index (κ3) is 23.5. The SMILES string of the molecule is C.C.CC[P+](=O)O. The topological polar surface area (TPSA) is 37.3 Å². The van der Waals surface area contributed by atoms with Crippen LogP contribution in [0.25, 0.3) is 0 Å². The average molecular weight is 125 g/mol. The van der Waals surface area contributed by atoms with E-state index < -0.39 is 8.03 Å². The Morgan fingerprint density at radius 2 is 1.71 bits per heavy atom. The number of hydrogen-bond acceptors (Lipinski definition) is 1. The molecule has 0 aromatic rings. The molecule has 0 aliphatic heterocycles. The standard InChI is InChI=1S/C2H5O2P.2CH4/c1-2-5(3)4;;/h2H2,1H3;2*1H4/p+1. The molecule has 0 aromatic carbocycles. The van der Waals surface area contributed by atoms with Gasteiger partial charge in [-0.25, -0.2) is 0 Å². The van der Waals surface area contributed by atoms with Crippen LogP contribution in [0.3, 0.4) is 0 Å². The summed E-state index contributed by atoms with van der Waals surface area (Å²) in [6.07, 6.45) is 0.370. The van der Waals surface area contributed by atoms with Crippen molar-refractivity contribution in [3.05, 3.63) is 0 Å². The number of rotatable bonds is 1. The first-order valence-corrected chi connectivity index (χ1v) is 2.80. The van der Waals surface area contributed by atoms with E-state index in [1.807, 2.05) is 0 Å². The zero-order valence-electron chi connectivity index (χ0n) is 3.01. The zero-order valence-corrected chi connectivity index (χ0v) is 3.90. The molecule has 1 N–H and O–H groups in total. The molecule has 3 heteroatoms. The lowest BCUT2D eigenvalue weighted by molar-refractivity contribution is 0.504. The van der Waals surface area contributed by atoms with E-state index in [0.717, 1.165) is 0 Å². The van der Waals surface area contributed by atoms with Crippen molar-refractivity contribution in [3.8, 4) is 0 Å². The maximum atomic E-state index is 9.52. The van der Waals surface area contributed by atoms with Gasteiger partial charge in [-0.2, -0.15) is 4.89 Å². The summed E-state index contributed by atoms with van der Waals surface area (Å²) >= 11 is 0. The monoisotopic (exact) mass is 125 g/mol. The van der Waals surface area contributed by atoms with E-state index in [1.54, 1.807) is 6.92 Å². The van der Waals surface area contributed by atoms with Crippen molar-refractivity contribution < 1.29 is 9.46 Å². The minimum Gasteiger partial charge on any atom is -0.161 e. The fourth-order valence-electron chi connectivity index (χ4n) is 0. The van der Waals surface area contributed by atoms with Crippen LogP contribution in [-0.4, -0.2) is 11.1 Å². The van der Waals surface area contributed by atoms with Crippen molar-refractivity contribution >= 4 is 8.03 Å². The van der Waals surface area contributed by atoms with Gasteiger partial charge in [-0.15, -0.1) is 0 Å². The van der Waals surface area contributed by atoms with Gasteiger partial charge in [0.25, 0.3) is 0 Å². The van der Waals surface area contributed by atoms with E-state index in [4.69, 9.17) is 4.89 Å². The van der Waals surface area contributed by atoms with Gasteiger partial charge in [-0.05, 0) is 11.5 Å². The molecule has 1 unspecified atom stereocenters. The Kier molecular flexibility index (Phi) is 21.2. The summed E-state index contributed by atoms with van der Waals surface area (Å²) < 4.78 is 9.52. The van der Waals surface area contributed by atoms with Crippen LogP contribution in [0, 0.1) is 0 Å². The van der Waals surface area contributed by atoms with Crippen LogP contribution >= 0.6 is 8.03 Å². The number of hydrogen-bond donors (Lipinski definition) is 1. The summed E-state index contributed by atoms with van der Waals surface area (Å²) in [6.45, 7) is 1.67. The van der Waals surface area contributed by atoms with E-state index in [-0.39, 0.29) is 14.9 Å². The van der Waals surface area contributed by atoms with Crippen molar-refractivity contribution in [2.24, 2.45) is 0 Å². The van der Waals surface area contributed by atoms with Crippen LogP contribution in [0.1, 0.15) is 21.8 Å². The molecular formula is C4H14O2P+. The quantitative estimate of drug-likeness (QED) is 0.544. The Hall–Kier alpha value is 0.0600. The van der Waals surface area contributed by atoms with Gasteiger partial charge < -0.3 is 0 Å². The van der Waals surface area contributed by atoms with Gasteiger partial charge in [-0.1, -0.05) is 14.9 Å². The average Bonchev–Trinajstić information content (AvgIpc) is 1.38. The molecule has 0 rings (SSSR count). The van der Waals surface area contributed by atoms with Crippen LogP contribution in [0.4, 0.5) is 0 Å². The predicted octanol–water partition coefficient (Wildman–Crippen LogP) is 2.01. The molecule has 0 bridgehead atoms. The highest BCUT2D eigenvalue weighted by Gasteiger charge is 1.98. The molecule has 0 spiro atoms. The maximum Gasteiger partial charge on any atom is 0.505 e. The first kappa shape index (κ1) is 15.7. The van der Waals surface area contributed by atoms with Gasteiger partial charge >= 0.3 is 8.03 Å². The molecule has 0 aliphatic rings. The molecule has 0 fully saturated rings. The molecule has 7 heavy (non-hydrogen) atoms. The fourth-order valence-corrected chi connectivity index (χ4v) is 0. The summed E-state index contributed by atoms with van der Waals surface area (Å²) in [6, 6.07) is 0. The van der Waals surface area contributed by atoms with Crippen LogP contribution in [-0.2, 0) is 4.57 Å². The van der Waals surface area contributed by atoms with Crippen molar-refractivity contribution in [2.75, 3.05) is 6.16 Å². The highest BCUT2D eigenvalue weighted by molar-refractivity contribution is 7.37. The molecule has 0 aromatic heterocycles. The van der Waals surface area contributed by atoms with Crippen LogP contribution in [0.15, 0.2) is 0 Å². The van der Waals surface area contributed by atoms with Gasteiger partial charge in [0, 0.05) is 0 Å². The second-order valence-electron chi connectivity index (χ2n) is 0.668. The third-order valence-corrected chi connectivity index (χ3v) is 0.812. The lowest BCUT2D eigenvalue weighted by Gasteiger charge is -1.53. The minimum absolute atomic E-state index is 0. The van der Waals surface area contributed by atoms with Gasteiger partial charge in [-0.3, -0.25) is 0 Å². The fraction of sp³-hybridized carbons (Fsp3) is 1.00. The highest BCUT2D eigenvalue weighted by atomic mass is 31.1. The maximum absolute atomic E-state index is 9.52. The Labute approximate surface area is 46.4 Å². The molecule has 0 amide bonds. The summed E-state index contributed by atoms with van der Waals surface area (Å²) in [5.74, 6) is 0. The summed E-state index contributed by atoms with van der Waals surface area (Å²) in [7, 11) is -1.85. The van der Waals surface area contributed by atoms with Gasteiger partial charge in [0.2, 0.25) is 0 Å². The van der Waals surface area contributed by atoms with Gasteiger partial charge in [0.05, 0.1) is 0 Å². The Bertz CT molecular complexity index is 45.0. The van der Waals surface area contributed by atoms with E-state index in [9.17, 15) is 4.57 Å². The Morgan fingerprint density at radius 1 is 1.57 bits per heavy atom. The second-order valence-corrected chi connectivity index (χ2v) is 2.01. The van der Waals surface area contributed by atoms with E-state index in [1.165, 1.54) is 0 Å². The molecule has 0 radical (unpaired) electrons. The molecule has 0 saturated heterocycles. The molecule has 1 atom stereocenters. The molecule has 0 aliphatic carbocycles. The smallest absolute Gasteiger partial charge is 0.161 e. The lowest BCUT2D eigenvalue weighted by atomic mass is 11.0. The predicted molar refractivity (Wildman–Crippen MR) is 33.8 cm³/mol. The normalized spacial score (nSPS) is 8.00. The van der Waals surface area contributed by atoms with E-state index in [2.05, 4.69) is 0 Å². The van der Waals surface area contributed by atoms with Crippen molar-refractivity contribution in [1.82, 2.24) is 0 Å². The van der Waals surface area contributed by atoms with Crippen molar-refractivity contribution in [1.29, 1.82) is 0 Å². The first-order valence-electron chi connectivity index (χ1n) is 1.41. The Balaban J connectivity index is -0.0000000800. The van der Waals surface area contributed by atoms with E-state index in [0.29, 0.717) is 6.16 Å². The molecule has 0 heterocycles. The second kappa shape index (κ2) is 9.41. The van der Waals surface area contributed by atoms with Crippen molar-refractivity contribution in [3.63, 3.8) is 0 Å². The molecule has 2 nitrogen and oxygen atoms in total. The summed E-state index contributed by atoms with van der Waals surface area (Å²) in [4.78, 5) is 7.87. The Morgan fingerprint density at radius 3 is 1.71 bits per heavy atom. The van der Waals surface area contributed by atoms with Crippen LogP contribution in [0.5, 0.6) is 0 Å².